The van der Waals surface area contributed by atoms with Crippen LogP contribution in [0.2, 0.25) is 0 Å². The van der Waals surface area contributed by atoms with E-state index in [0.29, 0.717) is 28.0 Å². The first-order valence-corrected chi connectivity index (χ1v) is 7.22. The molecule has 0 aliphatic rings. The summed E-state index contributed by atoms with van der Waals surface area (Å²) in [6.07, 6.45) is 2.83. The van der Waals surface area contributed by atoms with Crippen LogP contribution < -0.4 is 10.6 Å². The minimum Gasteiger partial charge on any atom is -0.354 e. The maximum atomic E-state index is 11.9. The van der Waals surface area contributed by atoms with E-state index < -0.39 is 0 Å². The largest absolute Gasteiger partial charge is 0.354 e. The molecule has 1 aromatic carbocycles. The van der Waals surface area contributed by atoms with Crippen molar-refractivity contribution < 1.29 is 9.59 Å². The molecule has 0 saturated carbocycles. The molecule has 24 heavy (non-hydrogen) atoms. The van der Waals surface area contributed by atoms with Crippen molar-refractivity contribution >= 4 is 28.4 Å². The summed E-state index contributed by atoms with van der Waals surface area (Å²) in [6, 6.07) is 9.05. The molecule has 2 aromatic heterocycles. The molecule has 0 saturated heterocycles. The van der Waals surface area contributed by atoms with Gasteiger partial charge in [0.2, 0.25) is 5.91 Å². The molecule has 0 aliphatic heterocycles. The lowest BCUT2D eigenvalue weighted by Crippen LogP contribution is -2.18. The molecule has 0 unspecified atom stereocenters. The number of hydrogen-bond donors (Lipinski definition) is 3. The Morgan fingerprint density at radius 1 is 1.29 bits per heavy atom. The highest BCUT2D eigenvalue weighted by atomic mass is 16.2. The normalized spacial score (nSPS) is 10.4. The van der Waals surface area contributed by atoms with Crippen LogP contribution in [0.3, 0.4) is 0 Å². The van der Waals surface area contributed by atoms with Gasteiger partial charge < -0.3 is 10.6 Å². The van der Waals surface area contributed by atoms with Crippen LogP contribution in [-0.2, 0) is 4.79 Å². The van der Waals surface area contributed by atoms with Crippen molar-refractivity contribution in [3.05, 3.63) is 54.9 Å². The van der Waals surface area contributed by atoms with Crippen molar-refractivity contribution in [2.75, 3.05) is 12.4 Å². The second kappa shape index (κ2) is 6.33. The maximum absolute atomic E-state index is 11.9. The van der Waals surface area contributed by atoms with Crippen LogP contribution >= 0.6 is 0 Å². The summed E-state index contributed by atoms with van der Waals surface area (Å²) in [6.45, 7) is 3.43. The van der Waals surface area contributed by atoms with Gasteiger partial charge in [-0.25, -0.2) is 0 Å². The first-order valence-electron chi connectivity index (χ1n) is 7.22. The van der Waals surface area contributed by atoms with Crippen molar-refractivity contribution in [3.63, 3.8) is 0 Å². The van der Waals surface area contributed by atoms with E-state index in [2.05, 4.69) is 32.4 Å². The van der Waals surface area contributed by atoms with E-state index in [1.807, 2.05) is 12.1 Å². The van der Waals surface area contributed by atoms with Crippen LogP contribution in [0.4, 0.5) is 5.69 Å². The third-order valence-electron chi connectivity index (χ3n) is 3.50. The van der Waals surface area contributed by atoms with E-state index in [-0.39, 0.29) is 11.8 Å². The molecule has 2 heterocycles. The van der Waals surface area contributed by atoms with Crippen LogP contribution in [0.15, 0.2) is 49.2 Å². The molecule has 0 atom stereocenters. The Hall–Kier alpha value is -3.48. The van der Waals surface area contributed by atoms with E-state index in [1.165, 1.54) is 6.08 Å². The molecule has 7 heteroatoms. The Morgan fingerprint density at radius 3 is 2.88 bits per heavy atom. The third kappa shape index (κ3) is 2.87. The number of aromatic amines is 1. The number of rotatable bonds is 4. The number of carbonyl (C=O) groups excluding carboxylic acids is 2. The Balaban J connectivity index is 2.03. The fourth-order valence-electron chi connectivity index (χ4n) is 2.32. The van der Waals surface area contributed by atoms with Crippen LogP contribution in [0, 0.1) is 0 Å². The minimum absolute atomic E-state index is 0.273. The fourth-order valence-corrected chi connectivity index (χ4v) is 2.32. The summed E-state index contributed by atoms with van der Waals surface area (Å²) in [4.78, 5) is 27.7. The van der Waals surface area contributed by atoms with E-state index >= 15 is 0 Å². The summed E-state index contributed by atoms with van der Waals surface area (Å²) in [5, 5.41) is 12.8. The molecule has 0 aliphatic carbocycles. The summed E-state index contributed by atoms with van der Waals surface area (Å²) in [5.74, 6) is -0.558. The van der Waals surface area contributed by atoms with Gasteiger partial charge in [-0.15, -0.1) is 0 Å². The van der Waals surface area contributed by atoms with Crippen molar-refractivity contribution in [2.45, 2.75) is 0 Å². The summed E-state index contributed by atoms with van der Waals surface area (Å²) >= 11 is 0. The number of aromatic nitrogens is 3. The summed E-state index contributed by atoms with van der Waals surface area (Å²) in [7, 11) is 1.55. The lowest BCUT2D eigenvalue weighted by molar-refractivity contribution is -0.111. The molecular weight excluding hydrogens is 306 g/mol. The molecule has 3 aromatic rings. The van der Waals surface area contributed by atoms with Crippen LogP contribution in [0.25, 0.3) is 22.2 Å². The van der Waals surface area contributed by atoms with Crippen molar-refractivity contribution in [1.82, 2.24) is 20.5 Å². The van der Waals surface area contributed by atoms with Crippen molar-refractivity contribution in [3.8, 4) is 11.3 Å². The molecule has 0 bridgehead atoms. The second-order valence-corrected chi connectivity index (χ2v) is 5.04. The zero-order chi connectivity index (χ0) is 17.1. The predicted molar refractivity (Wildman–Crippen MR) is 91.5 cm³/mol. The molecule has 120 valence electrons. The molecule has 3 N–H and O–H groups in total. The third-order valence-corrected chi connectivity index (χ3v) is 3.50. The van der Waals surface area contributed by atoms with Gasteiger partial charge in [-0.3, -0.25) is 19.7 Å². The van der Waals surface area contributed by atoms with Gasteiger partial charge in [0.15, 0.2) is 5.69 Å². The predicted octanol–water partition coefficient (Wildman–Crippen LogP) is 2.11. The number of H-pyrrole nitrogens is 1. The Labute approximate surface area is 137 Å². The number of benzene rings is 1. The number of fused-ring (bicyclic) bond motifs is 1. The van der Waals surface area contributed by atoms with Gasteiger partial charge in [-0.05, 0) is 24.3 Å². The van der Waals surface area contributed by atoms with Crippen LogP contribution in [-0.4, -0.2) is 34.0 Å². The Bertz CT molecular complexity index is 945. The standard InChI is InChI=1S/C17H15N5O2/c1-3-15(23)20-11-6-4-5-10(7-11)13-8-12-14(9-19-13)21-22-16(12)17(24)18-2/h3-9H,1H2,2H3,(H,18,24)(H,20,23)(H,21,22). The molecular formula is C17H15N5O2. The first-order chi connectivity index (χ1) is 11.6. The quantitative estimate of drug-likeness (QED) is 0.641. The molecule has 2 amide bonds. The number of carbonyl (C=O) groups is 2. The smallest absolute Gasteiger partial charge is 0.272 e. The highest BCUT2D eigenvalue weighted by Gasteiger charge is 2.14. The van der Waals surface area contributed by atoms with Gasteiger partial charge in [-0.1, -0.05) is 18.7 Å². The number of nitrogens with one attached hydrogen (secondary N) is 3. The number of anilines is 1. The molecule has 0 spiro atoms. The molecule has 3 rings (SSSR count). The van der Waals surface area contributed by atoms with E-state index in [9.17, 15) is 9.59 Å². The van der Waals surface area contributed by atoms with Gasteiger partial charge in [-0.2, -0.15) is 5.10 Å². The topological polar surface area (TPSA) is 99.8 Å². The minimum atomic E-state index is -0.285. The summed E-state index contributed by atoms with van der Waals surface area (Å²) < 4.78 is 0. The van der Waals surface area contributed by atoms with Gasteiger partial charge in [0, 0.05) is 23.7 Å². The molecule has 0 fully saturated rings. The van der Waals surface area contributed by atoms with Crippen LogP contribution in [0.1, 0.15) is 10.5 Å². The number of pyridine rings is 1. The second-order valence-electron chi connectivity index (χ2n) is 5.04. The van der Waals surface area contributed by atoms with Gasteiger partial charge in [0.05, 0.1) is 17.4 Å². The first kappa shape index (κ1) is 15.4. The number of amides is 2. The van der Waals surface area contributed by atoms with E-state index in [0.717, 1.165) is 5.56 Å². The van der Waals surface area contributed by atoms with Gasteiger partial charge in [0.1, 0.15) is 0 Å². The average Bonchev–Trinajstić information content (AvgIpc) is 3.04. The van der Waals surface area contributed by atoms with E-state index in [1.54, 1.807) is 31.4 Å². The lowest BCUT2D eigenvalue weighted by Gasteiger charge is -2.06. The fraction of sp³-hybridized carbons (Fsp3) is 0.0588. The molecule has 0 radical (unpaired) electrons. The Kier molecular flexibility index (Phi) is 4.07. The number of hydrogen-bond acceptors (Lipinski definition) is 4. The maximum Gasteiger partial charge on any atom is 0.272 e. The van der Waals surface area contributed by atoms with Gasteiger partial charge >= 0.3 is 0 Å². The highest BCUT2D eigenvalue weighted by Crippen LogP contribution is 2.25. The molecule has 7 nitrogen and oxygen atoms in total. The Morgan fingerprint density at radius 2 is 2.12 bits per heavy atom. The lowest BCUT2D eigenvalue weighted by atomic mass is 10.1. The van der Waals surface area contributed by atoms with Crippen LogP contribution in [0.5, 0.6) is 0 Å². The van der Waals surface area contributed by atoms with E-state index in [4.69, 9.17) is 0 Å². The zero-order valence-electron chi connectivity index (χ0n) is 13.0. The van der Waals surface area contributed by atoms with Gasteiger partial charge in [0.25, 0.3) is 5.91 Å². The highest BCUT2D eigenvalue weighted by molar-refractivity contribution is 6.05. The number of nitrogens with zero attached hydrogens (tertiary/aromatic N) is 2. The average molecular weight is 321 g/mol. The summed E-state index contributed by atoms with van der Waals surface area (Å²) in [5.41, 5.74) is 3.10. The zero-order valence-corrected chi connectivity index (χ0v) is 13.0. The monoisotopic (exact) mass is 321 g/mol. The van der Waals surface area contributed by atoms with Crippen molar-refractivity contribution in [2.24, 2.45) is 0 Å². The SMILES string of the molecule is C=CC(=O)Nc1cccc(-c2cc3c(C(=O)NC)n[nH]c3cn2)c1. The van der Waals surface area contributed by atoms with Crippen molar-refractivity contribution in [1.29, 1.82) is 0 Å².